The number of likely N-dealkylation sites (tertiary alicyclic amines) is 1. The van der Waals surface area contributed by atoms with Crippen LogP contribution in [0.4, 0.5) is 5.69 Å². The monoisotopic (exact) mass is 266 g/mol. The summed E-state index contributed by atoms with van der Waals surface area (Å²) in [6.07, 6.45) is 1.38. The van der Waals surface area contributed by atoms with Crippen LogP contribution < -0.4 is 4.31 Å². The molecule has 0 amide bonds. The third-order valence-electron chi connectivity index (χ3n) is 4.38. The van der Waals surface area contributed by atoms with Crippen molar-refractivity contribution in [3.05, 3.63) is 29.8 Å². The summed E-state index contributed by atoms with van der Waals surface area (Å²) in [6.45, 7) is 1.67. The van der Waals surface area contributed by atoms with E-state index in [9.17, 15) is 8.42 Å². The highest BCUT2D eigenvalue weighted by molar-refractivity contribution is 7.94. The molecule has 2 aliphatic rings. The van der Waals surface area contributed by atoms with Crippen LogP contribution in [0, 0.1) is 0 Å². The smallest absolute Gasteiger partial charge is 0.245 e. The summed E-state index contributed by atoms with van der Waals surface area (Å²) in [5, 5.41) is 0. The minimum absolute atomic E-state index is 0.688. The van der Waals surface area contributed by atoms with Crippen LogP contribution in [0.2, 0.25) is 0 Å². The molecule has 18 heavy (non-hydrogen) atoms. The molecule has 0 radical (unpaired) electrons. The second-order valence-electron chi connectivity index (χ2n) is 5.29. The standard InChI is InChI=1S/C13H18N2O2S/c1-14-9-7-13(8-10-14)11-5-3-4-6-12(11)15(2)18(13,16)17/h3-6H,7-10H2,1-2H3. The van der Waals surface area contributed by atoms with E-state index in [0.717, 1.165) is 24.3 Å². The SMILES string of the molecule is CN1CCC2(CC1)c1ccccc1N(C)S2(=O)=O. The highest BCUT2D eigenvalue weighted by Crippen LogP contribution is 2.51. The van der Waals surface area contributed by atoms with Crippen LogP contribution in [0.15, 0.2) is 24.3 Å². The number of piperidine rings is 1. The summed E-state index contributed by atoms with van der Waals surface area (Å²) in [5.41, 5.74) is 1.84. The molecule has 1 saturated heterocycles. The van der Waals surface area contributed by atoms with Gasteiger partial charge in [0.1, 0.15) is 4.75 Å². The van der Waals surface area contributed by atoms with Crippen molar-refractivity contribution in [2.45, 2.75) is 17.6 Å². The first-order valence-corrected chi connectivity index (χ1v) is 7.70. The Morgan fingerprint density at radius 3 is 2.39 bits per heavy atom. The number of fused-ring (bicyclic) bond motifs is 2. The van der Waals surface area contributed by atoms with Crippen molar-refractivity contribution in [2.24, 2.45) is 0 Å². The zero-order valence-electron chi connectivity index (χ0n) is 10.8. The summed E-state index contributed by atoms with van der Waals surface area (Å²) >= 11 is 0. The van der Waals surface area contributed by atoms with Crippen molar-refractivity contribution in [3.8, 4) is 0 Å². The summed E-state index contributed by atoms with van der Waals surface area (Å²) in [7, 11) is 0.449. The summed E-state index contributed by atoms with van der Waals surface area (Å²) in [5.74, 6) is 0. The molecule has 4 nitrogen and oxygen atoms in total. The normalized spacial score (nSPS) is 25.3. The number of hydrogen-bond donors (Lipinski definition) is 0. The molecule has 2 aliphatic heterocycles. The second kappa shape index (κ2) is 3.71. The molecule has 0 unspecified atom stereocenters. The Hall–Kier alpha value is -1.07. The van der Waals surface area contributed by atoms with E-state index in [1.165, 1.54) is 4.31 Å². The van der Waals surface area contributed by atoms with E-state index in [1.807, 2.05) is 31.3 Å². The van der Waals surface area contributed by atoms with Crippen LogP contribution in [0.5, 0.6) is 0 Å². The number of sulfonamides is 1. The number of anilines is 1. The number of para-hydroxylation sites is 1. The van der Waals surface area contributed by atoms with Gasteiger partial charge in [-0.3, -0.25) is 4.31 Å². The summed E-state index contributed by atoms with van der Waals surface area (Å²) in [4.78, 5) is 2.20. The van der Waals surface area contributed by atoms with E-state index in [0.29, 0.717) is 12.8 Å². The van der Waals surface area contributed by atoms with Crippen LogP contribution in [0.1, 0.15) is 18.4 Å². The fraction of sp³-hybridized carbons (Fsp3) is 0.538. The first kappa shape index (κ1) is 12.0. The zero-order valence-corrected chi connectivity index (χ0v) is 11.6. The van der Waals surface area contributed by atoms with Crippen LogP contribution in [0.25, 0.3) is 0 Å². The predicted molar refractivity (Wildman–Crippen MR) is 72.2 cm³/mol. The maximum atomic E-state index is 12.7. The van der Waals surface area contributed by atoms with Gasteiger partial charge in [-0.15, -0.1) is 0 Å². The van der Waals surface area contributed by atoms with Crippen molar-refractivity contribution in [1.29, 1.82) is 0 Å². The molecule has 1 fully saturated rings. The first-order valence-electron chi connectivity index (χ1n) is 6.25. The van der Waals surface area contributed by atoms with Gasteiger partial charge in [0.05, 0.1) is 5.69 Å². The van der Waals surface area contributed by atoms with E-state index < -0.39 is 14.8 Å². The lowest BCUT2D eigenvalue weighted by Gasteiger charge is -2.37. The van der Waals surface area contributed by atoms with Crippen molar-refractivity contribution in [1.82, 2.24) is 4.90 Å². The van der Waals surface area contributed by atoms with Gasteiger partial charge in [-0.25, -0.2) is 8.42 Å². The minimum atomic E-state index is -3.26. The average molecular weight is 266 g/mol. The number of rotatable bonds is 0. The van der Waals surface area contributed by atoms with Crippen molar-refractivity contribution < 1.29 is 8.42 Å². The first-order chi connectivity index (χ1) is 8.49. The van der Waals surface area contributed by atoms with E-state index in [-0.39, 0.29) is 0 Å². The second-order valence-corrected chi connectivity index (χ2v) is 7.57. The molecule has 3 rings (SSSR count). The van der Waals surface area contributed by atoms with Crippen molar-refractivity contribution in [3.63, 3.8) is 0 Å². The van der Waals surface area contributed by atoms with Crippen molar-refractivity contribution in [2.75, 3.05) is 31.5 Å². The van der Waals surface area contributed by atoms with Crippen LogP contribution >= 0.6 is 0 Å². The van der Waals surface area contributed by atoms with Gasteiger partial charge < -0.3 is 4.90 Å². The molecular formula is C13H18N2O2S. The maximum absolute atomic E-state index is 12.7. The Bertz CT molecular complexity index is 574. The molecule has 0 aromatic heterocycles. The van der Waals surface area contributed by atoms with Crippen LogP contribution in [-0.2, 0) is 14.8 Å². The van der Waals surface area contributed by atoms with Crippen LogP contribution in [-0.4, -0.2) is 40.5 Å². The van der Waals surface area contributed by atoms with Gasteiger partial charge in [0.15, 0.2) is 0 Å². The fourth-order valence-electron chi connectivity index (χ4n) is 3.17. The molecule has 98 valence electrons. The number of nitrogens with zero attached hydrogens (tertiary/aromatic N) is 2. The van der Waals surface area contributed by atoms with Crippen molar-refractivity contribution >= 4 is 15.7 Å². The van der Waals surface area contributed by atoms with E-state index in [4.69, 9.17) is 0 Å². The van der Waals surface area contributed by atoms with E-state index in [2.05, 4.69) is 4.90 Å². The Morgan fingerprint density at radius 1 is 1.11 bits per heavy atom. The quantitative estimate of drug-likeness (QED) is 0.712. The average Bonchev–Trinajstić information content (AvgIpc) is 2.53. The summed E-state index contributed by atoms with van der Waals surface area (Å²) < 4.78 is 26.3. The van der Waals surface area contributed by atoms with E-state index >= 15 is 0 Å². The van der Waals surface area contributed by atoms with Gasteiger partial charge in [-0.05, 0) is 44.6 Å². The fourth-order valence-corrected chi connectivity index (χ4v) is 5.26. The Balaban J connectivity index is 2.19. The molecule has 1 spiro atoms. The minimum Gasteiger partial charge on any atom is -0.306 e. The number of benzene rings is 1. The molecule has 1 aromatic carbocycles. The van der Waals surface area contributed by atoms with Crippen LogP contribution in [0.3, 0.4) is 0 Å². The molecule has 1 aromatic rings. The highest BCUT2D eigenvalue weighted by Gasteiger charge is 2.55. The van der Waals surface area contributed by atoms with Gasteiger partial charge in [0.2, 0.25) is 10.0 Å². The molecule has 5 heteroatoms. The lowest BCUT2D eigenvalue weighted by atomic mass is 9.87. The van der Waals surface area contributed by atoms with Gasteiger partial charge in [-0.2, -0.15) is 0 Å². The molecule has 0 aliphatic carbocycles. The molecule has 0 saturated carbocycles. The molecule has 0 bridgehead atoms. The van der Waals surface area contributed by atoms with Gasteiger partial charge in [0.25, 0.3) is 0 Å². The third-order valence-corrected chi connectivity index (χ3v) is 6.92. The lowest BCUT2D eigenvalue weighted by molar-refractivity contribution is 0.235. The molecule has 0 atom stereocenters. The Labute approximate surface area is 108 Å². The molecule has 2 heterocycles. The Kier molecular flexibility index (Phi) is 2.47. The predicted octanol–water partition coefficient (Wildman–Crippen LogP) is 1.39. The largest absolute Gasteiger partial charge is 0.306 e. The third kappa shape index (κ3) is 1.32. The molecule has 0 N–H and O–H groups in total. The van der Waals surface area contributed by atoms with Gasteiger partial charge in [-0.1, -0.05) is 18.2 Å². The number of hydrogen-bond acceptors (Lipinski definition) is 3. The maximum Gasteiger partial charge on any atom is 0.245 e. The highest BCUT2D eigenvalue weighted by atomic mass is 32.2. The zero-order chi connectivity index (χ0) is 13.0. The van der Waals surface area contributed by atoms with Gasteiger partial charge in [0, 0.05) is 7.05 Å². The molecular weight excluding hydrogens is 248 g/mol. The Morgan fingerprint density at radius 2 is 1.72 bits per heavy atom. The summed E-state index contributed by atoms with van der Waals surface area (Å²) in [6, 6.07) is 7.72. The van der Waals surface area contributed by atoms with Gasteiger partial charge >= 0.3 is 0 Å². The lowest BCUT2D eigenvalue weighted by Crippen LogP contribution is -2.46. The van der Waals surface area contributed by atoms with E-state index in [1.54, 1.807) is 7.05 Å². The topological polar surface area (TPSA) is 40.6 Å².